The first-order valence-corrected chi connectivity index (χ1v) is 9.85. The van der Waals surface area contributed by atoms with Gasteiger partial charge in [-0.2, -0.15) is 4.31 Å². The monoisotopic (exact) mass is 407 g/mol. The predicted octanol–water partition coefficient (Wildman–Crippen LogP) is 2.66. The van der Waals surface area contributed by atoms with Crippen LogP contribution in [0.15, 0.2) is 41.3 Å². The van der Waals surface area contributed by atoms with Crippen LogP contribution in [0.5, 0.6) is 0 Å². The van der Waals surface area contributed by atoms with E-state index in [-0.39, 0.29) is 16.3 Å². The summed E-state index contributed by atoms with van der Waals surface area (Å²) in [5.41, 5.74) is 1.94. The van der Waals surface area contributed by atoms with Crippen molar-refractivity contribution in [1.82, 2.24) is 4.31 Å². The smallest absolute Gasteiger partial charge is 0.243 e. The fourth-order valence-corrected chi connectivity index (χ4v) is 3.64. The van der Waals surface area contributed by atoms with Crippen LogP contribution in [-0.2, 0) is 19.6 Å². The lowest BCUT2D eigenvalue weighted by atomic mass is 10.1. The molecule has 0 aromatic heterocycles. The minimum Gasteiger partial charge on any atom is -0.325 e. The lowest BCUT2D eigenvalue weighted by Crippen LogP contribution is -2.35. The molecule has 0 spiro atoms. The molecule has 2 N–H and O–H groups in total. The second kappa shape index (κ2) is 8.49. The second-order valence-corrected chi connectivity index (χ2v) is 8.48. The van der Waals surface area contributed by atoms with Crippen molar-refractivity contribution in [2.45, 2.75) is 25.7 Å². The Balaban J connectivity index is 2.11. The Hall–Kier alpha value is -2.78. The molecule has 0 aliphatic rings. The van der Waals surface area contributed by atoms with Crippen LogP contribution in [0, 0.1) is 19.7 Å². The van der Waals surface area contributed by atoms with Gasteiger partial charge in [0.05, 0.1) is 17.1 Å². The Morgan fingerprint density at radius 3 is 2.32 bits per heavy atom. The number of nitrogens with one attached hydrogen (secondary N) is 2. The summed E-state index contributed by atoms with van der Waals surface area (Å²) in [5, 5.41) is 4.81. The maximum atomic E-state index is 13.7. The molecule has 7 nitrogen and oxygen atoms in total. The Morgan fingerprint density at radius 1 is 1.04 bits per heavy atom. The van der Waals surface area contributed by atoms with Crippen LogP contribution >= 0.6 is 0 Å². The van der Waals surface area contributed by atoms with E-state index in [0.717, 1.165) is 21.5 Å². The zero-order chi connectivity index (χ0) is 21.1. The van der Waals surface area contributed by atoms with Gasteiger partial charge in [0.2, 0.25) is 21.8 Å². The van der Waals surface area contributed by atoms with Gasteiger partial charge < -0.3 is 10.6 Å². The minimum atomic E-state index is -3.84. The molecule has 0 aliphatic heterocycles. The molecule has 2 aromatic carbocycles. The summed E-state index contributed by atoms with van der Waals surface area (Å²) < 4.78 is 39.9. The predicted molar refractivity (Wildman–Crippen MR) is 105 cm³/mol. The summed E-state index contributed by atoms with van der Waals surface area (Å²) >= 11 is 0. The third-order valence-corrected chi connectivity index (χ3v) is 5.91. The number of benzene rings is 2. The number of rotatable bonds is 6. The summed E-state index contributed by atoms with van der Waals surface area (Å²) in [4.78, 5) is 23.4. The highest BCUT2D eigenvalue weighted by Gasteiger charge is 2.23. The molecule has 0 fully saturated rings. The van der Waals surface area contributed by atoms with Gasteiger partial charge >= 0.3 is 0 Å². The SMILES string of the molecule is CC(=O)Nc1cc(NC(=O)CN(C)S(=O)(=O)c2ccc(C)c(C)c2)ccc1F. The number of carbonyl (C=O) groups excluding carboxylic acids is 2. The third kappa shape index (κ3) is 5.14. The van der Waals surface area contributed by atoms with Gasteiger partial charge in [-0.25, -0.2) is 12.8 Å². The van der Waals surface area contributed by atoms with Crippen LogP contribution < -0.4 is 10.6 Å². The minimum absolute atomic E-state index is 0.0820. The summed E-state index contributed by atoms with van der Waals surface area (Å²) in [6.07, 6.45) is 0. The van der Waals surface area contributed by atoms with E-state index < -0.39 is 34.2 Å². The highest BCUT2D eigenvalue weighted by molar-refractivity contribution is 7.89. The lowest BCUT2D eigenvalue weighted by molar-refractivity contribution is -0.116. The van der Waals surface area contributed by atoms with Crippen LogP contribution in [0.1, 0.15) is 18.1 Å². The van der Waals surface area contributed by atoms with E-state index >= 15 is 0 Å². The maximum Gasteiger partial charge on any atom is 0.243 e. The van der Waals surface area contributed by atoms with Gasteiger partial charge in [-0.3, -0.25) is 9.59 Å². The number of amides is 2. The summed E-state index contributed by atoms with van der Waals surface area (Å²) in [6, 6.07) is 8.42. The molecule has 0 saturated heterocycles. The molecule has 9 heteroatoms. The van der Waals surface area contributed by atoms with Gasteiger partial charge in [-0.15, -0.1) is 0 Å². The number of anilines is 2. The van der Waals surface area contributed by atoms with Crippen molar-refractivity contribution >= 4 is 33.2 Å². The normalized spacial score (nSPS) is 11.4. The van der Waals surface area contributed by atoms with Crippen LogP contribution in [0.2, 0.25) is 0 Å². The fourth-order valence-electron chi connectivity index (χ4n) is 2.43. The topological polar surface area (TPSA) is 95.6 Å². The highest BCUT2D eigenvalue weighted by atomic mass is 32.2. The zero-order valence-electron chi connectivity index (χ0n) is 16.0. The van der Waals surface area contributed by atoms with Gasteiger partial charge in [0.25, 0.3) is 0 Å². The molecule has 0 radical (unpaired) electrons. The number of likely N-dealkylation sites (N-methyl/N-ethyl adjacent to an activating group) is 1. The number of halogens is 1. The first-order valence-electron chi connectivity index (χ1n) is 8.41. The molecule has 2 amide bonds. The van der Waals surface area contributed by atoms with Gasteiger partial charge in [-0.05, 0) is 55.3 Å². The van der Waals surface area contributed by atoms with Crippen molar-refractivity contribution in [3.8, 4) is 0 Å². The second-order valence-electron chi connectivity index (χ2n) is 6.43. The fraction of sp³-hybridized carbons (Fsp3) is 0.263. The molecular formula is C19H22FN3O4S. The third-order valence-electron chi connectivity index (χ3n) is 4.11. The molecule has 150 valence electrons. The van der Waals surface area contributed by atoms with Gasteiger partial charge in [0.15, 0.2) is 0 Å². The summed E-state index contributed by atoms with van der Waals surface area (Å²) in [5.74, 6) is -1.71. The molecule has 2 rings (SSSR count). The van der Waals surface area contributed by atoms with E-state index in [1.54, 1.807) is 12.1 Å². The first kappa shape index (κ1) is 21.5. The van der Waals surface area contributed by atoms with Crippen molar-refractivity contribution < 1.29 is 22.4 Å². The van der Waals surface area contributed by atoms with Crippen molar-refractivity contribution in [3.63, 3.8) is 0 Å². The van der Waals surface area contributed by atoms with Crippen LogP contribution in [0.25, 0.3) is 0 Å². The molecule has 0 atom stereocenters. The molecule has 0 aliphatic carbocycles. The quantitative estimate of drug-likeness (QED) is 0.770. The van der Waals surface area contributed by atoms with E-state index in [1.165, 1.54) is 32.2 Å². The number of sulfonamides is 1. The number of carbonyl (C=O) groups is 2. The van der Waals surface area contributed by atoms with Crippen molar-refractivity contribution in [1.29, 1.82) is 0 Å². The van der Waals surface area contributed by atoms with E-state index in [9.17, 15) is 22.4 Å². The molecule has 0 bridgehead atoms. The largest absolute Gasteiger partial charge is 0.325 e. The zero-order valence-corrected chi connectivity index (χ0v) is 16.9. The standard InChI is InChI=1S/C19H22FN3O4S/c1-12-5-7-16(9-13(12)2)28(26,27)23(4)11-19(25)22-15-6-8-17(20)18(10-15)21-14(3)24/h5-10H,11H2,1-4H3,(H,21,24)(H,22,25). The van der Waals surface area contributed by atoms with Gasteiger partial charge in [-0.1, -0.05) is 6.07 Å². The van der Waals surface area contributed by atoms with E-state index in [4.69, 9.17) is 0 Å². The number of nitrogens with zero attached hydrogens (tertiary/aromatic N) is 1. The number of aryl methyl sites for hydroxylation is 2. The molecule has 28 heavy (non-hydrogen) atoms. The van der Waals surface area contributed by atoms with Crippen LogP contribution in [0.3, 0.4) is 0 Å². The van der Waals surface area contributed by atoms with E-state index in [1.807, 2.05) is 13.8 Å². The Bertz CT molecular complexity index is 1020. The lowest BCUT2D eigenvalue weighted by Gasteiger charge is -2.18. The number of hydrogen-bond acceptors (Lipinski definition) is 4. The molecule has 0 unspecified atom stereocenters. The van der Waals surface area contributed by atoms with E-state index in [2.05, 4.69) is 10.6 Å². The Kier molecular flexibility index (Phi) is 6.52. The van der Waals surface area contributed by atoms with Gasteiger partial charge in [0, 0.05) is 19.7 Å². The van der Waals surface area contributed by atoms with E-state index in [0.29, 0.717) is 0 Å². The van der Waals surface area contributed by atoms with Crippen LogP contribution in [-0.4, -0.2) is 38.1 Å². The van der Waals surface area contributed by atoms with Crippen molar-refractivity contribution in [2.24, 2.45) is 0 Å². The average molecular weight is 407 g/mol. The maximum absolute atomic E-state index is 13.7. The molecule has 0 heterocycles. The highest BCUT2D eigenvalue weighted by Crippen LogP contribution is 2.21. The average Bonchev–Trinajstić information content (AvgIpc) is 2.59. The summed E-state index contributed by atoms with van der Waals surface area (Å²) in [6.45, 7) is 4.49. The Labute approximate surface area is 163 Å². The van der Waals surface area contributed by atoms with Gasteiger partial charge in [0.1, 0.15) is 5.82 Å². The number of hydrogen-bond donors (Lipinski definition) is 2. The summed E-state index contributed by atoms with van der Waals surface area (Å²) in [7, 11) is -2.54. The molecular weight excluding hydrogens is 385 g/mol. The first-order chi connectivity index (χ1) is 13.0. The Morgan fingerprint density at radius 2 is 1.71 bits per heavy atom. The molecule has 2 aromatic rings. The van der Waals surface area contributed by atoms with Crippen molar-refractivity contribution in [2.75, 3.05) is 24.2 Å². The van der Waals surface area contributed by atoms with Crippen molar-refractivity contribution in [3.05, 3.63) is 53.3 Å². The molecule has 0 saturated carbocycles. The van der Waals surface area contributed by atoms with Crippen LogP contribution in [0.4, 0.5) is 15.8 Å².